The van der Waals surface area contributed by atoms with Crippen LogP contribution in [0.15, 0.2) is 12.1 Å². The molecule has 0 aromatic carbocycles. The Kier molecular flexibility index (Phi) is 4.21. The maximum atomic E-state index is 12.3. The van der Waals surface area contributed by atoms with Crippen molar-refractivity contribution in [2.75, 3.05) is 5.32 Å². The summed E-state index contributed by atoms with van der Waals surface area (Å²) in [5.41, 5.74) is 0.915. The second-order valence-electron chi connectivity index (χ2n) is 5.08. The number of halogens is 3. The third kappa shape index (κ3) is 3.32. The molecular formula is C14H11Cl3N4O. The van der Waals surface area contributed by atoms with Crippen molar-refractivity contribution in [2.24, 2.45) is 0 Å². The number of aromatic nitrogens is 3. The van der Waals surface area contributed by atoms with Crippen LogP contribution in [0.2, 0.25) is 15.5 Å². The Morgan fingerprint density at radius 3 is 2.36 bits per heavy atom. The topological polar surface area (TPSA) is 67.8 Å². The van der Waals surface area contributed by atoms with E-state index >= 15 is 0 Å². The Morgan fingerprint density at radius 1 is 1.14 bits per heavy atom. The predicted molar refractivity (Wildman–Crippen MR) is 86.0 cm³/mol. The number of pyridine rings is 1. The number of rotatable bonds is 3. The lowest BCUT2D eigenvalue weighted by Gasteiger charge is -2.10. The molecule has 1 fully saturated rings. The van der Waals surface area contributed by atoms with Gasteiger partial charge in [-0.05, 0) is 31.9 Å². The number of nitrogens with zero attached hydrogens (tertiary/aromatic N) is 3. The van der Waals surface area contributed by atoms with Crippen LogP contribution in [-0.4, -0.2) is 20.9 Å². The molecule has 1 N–H and O–H groups in total. The van der Waals surface area contributed by atoms with Crippen LogP contribution in [0, 0.1) is 6.92 Å². The lowest BCUT2D eigenvalue weighted by Crippen LogP contribution is -2.15. The highest BCUT2D eigenvalue weighted by molar-refractivity contribution is 6.33. The molecule has 0 aliphatic heterocycles. The van der Waals surface area contributed by atoms with Gasteiger partial charge in [-0.15, -0.1) is 0 Å². The van der Waals surface area contributed by atoms with Gasteiger partial charge in [0.05, 0.1) is 0 Å². The van der Waals surface area contributed by atoms with Crippen molar-refractivity contribution in [1.29, 1.82) is 0 Å². The minimum absolute atomic E-state index is 0.147. The minimum atomic E-state index is -0.384. The highest BCUT2D eigenvalue weighted by Crippen LogP contribution is 2.39. The van der Waals surface area contributed by atoms with E-state index in [1.807, 2.05) is 0 Å². The Bertz CT molecular complexity index is 742. The van der Waals surface area contributed by atoms with Gasteiger partial charge in [-0.2, -0.15) is 0 Å². The average Bonchev–Trinajstić information content (AvgIpc) is 3.27. The van der Waals surface area contributed by atoms with Gasteiger partial charge >= 0.3 is 0 Å². The molecular weight excluding hydrogens is 347 g/mol. The number of hydrogen-bond acceptors (Lipinski definition) is 4. The average molecular weight is 358 g/mol. The number of hydrogen-bond donors (Lipinski definition) is 1. The quantitative estimate of drug-likeness (QED) is 0.658. The number of amides is 1. The second kappa shape index (κ2) is 5.99. The van der Waals surface area contributed by atoms with Crippen LogP contribution in [0.5, 0.6) is 0 Å². The van der Waals surface area contributed by atoms with Crippen molar-refractivity contribution in [3.8, 4) is 0 Å². The molecule has 1 aliphatic carbocycles. The molecule has 3 rings (SSSR count). The van der Waals surface area contributed by atoms with Gasteiger partial charge in [-0.1, -0.05) is 34.8 Å². The molecule has 0 bridgehead atoms. The van der Waals surface area contributed by atoms with E-state index in [-0.39, 0.29) is 16.2 Å². The number of carbonyl (C=O) groups is 1. The molecule has 2 aromatic heterocycles. The SMILES string of the molecule is Cc1c(Cl)nc(C2CC2)nc1NC(=O)c1cc(Cl)nc(Cl)c1. The van der Waals surface area contributed by atoms with Crippen LogP contribution in [-0.2, 0) is 0 Å². The van der Waals surface area contributed by atoms with Gasteiger partial charge in [-0.3, -0.25) is 4.79 Å². The van der Waals surface area contributed by atoms with E-state index in [0.29, 0.717) is 33.8 Å². The molecule has 8 heteroatoms. The van der Waals surface area contributed by atoms with E-state index in [0.717, 1.165) is 12.8 Å². The fourth-order valence-corrected chi connectivity index (χ4v) is 2.56. The predicted octanol–water partition coefficient (Wildman–Crippen LogP) is 4.27. The summed E-state index contributed by atoms with van der Waals surface area (Å²) < 4.78 is 0. The lowest BCUT2D eigenvalue weighted by molar-refractivity contribution is 0.102. The largest absolute Gasteiger partial charge is 0.306 e. The molecule has 0 unspecified atom stereocenters. The first-order chi connectivity index (χ1) is 10.4. The molecule has 1 aliphatic rings. The summed E-state index contributed by atoms with van der Waals surface area (Å²) >= 11 is 17.7. The Morgan fingerprint density at radius 2 is 1.77 bits per heavy atom. The minimum Gasteiger partial charge on any atom is -0.306 e. The standard InChI is InChI=1S/C14H11Cl3N4O/c1-6-11(17)19-13(7-2-3-7)20-12(6)21-14(22)8-4-9(15)18-10(16)5-8/h4-5,7H,2-3H2,1H3,(H,19,20,21,22). The van der Waals surface area contributed by atoms with Gasteiger partial charge in [0.15, 0.2) is 0 Å². The molecule has 22 heavy (non-hydrogen) atoms. The van der Waals surface area contributed by atoms with Crippen molar-refractivity contribution < 1.29 is 4.79 Å². The van der Waals surface area contributed by atoms with Crippen molar-refractivity contribution in [2.45, 2.75) is 25.7 Å². The van der Waals surface area contributed by atoms with Crippen LogP contribution in [0.25, 0.3) is 0 Å². The normalized spacial score (nSPS) is 14.0. The van der Waals surface area contributed by atoms with E-state index in [1.54, 1.807) is 6.92 Å². The zero-order chi connectivity index (χ0) is 15.9. The van der Waals surface area contributed by atoms with E-state index in [4.69, 9.17) is 34.8 Å². The highest BCUT2D eigenvalue weighted by Gasteiger charge is 2.28. The number of carbonyl (C=O) groups excluding carboxylic acids is 1. The molecule has 2 aromatic rings. The molecule has 114 valence electrons. The van der Waals surface area contributed by atoms with Gasteiger partial charge < -0.3 is 5.32 Å². The monoisotopic (exact) mass is 356 g/mol. The van der Waals surface area contributed by atoms with Crippen LogP contribution in [0.1, 0.15) is 40.5 Å². The molecule has 0 radical (unpaired) electrons. The second-order valence-corrected chi connectivity index (χ2v) is 6.21. The summed E-state index contributed by atoms with van der Waals surface area (Å²) in [6, 6.07) is 2.87. The van der Waals surface area contributed by atoms with Crippen molar-refractivity contribution in [3.63, 3.8) is 0 Å². The lowest BCUT2D eigenvalue weighted by atomic mass is 10.2. The van der Waals surface area contributed by atoms with Crippen LogP contribution < -0.4 is 5.32 Å². The smallest absolute Gasteiger partial charge is 0.257 e. The maximum absolute atomic E-state index is 12.3. The summed E-state index contributed by atoms with van der Waals surface area (Å²) in [7, 11) is 0. The molecule has 1 saturated carbocycles. The van der Waals surface area contributed by atoms with E-state index in [2.05, 4.69) is 20.3 Å². The molecule has 0 spiro atoms. The van der Waals surface area contributed by atoms with Gasteiger partial charge in [0.2, 0.25) is 0 Å². The van der Waals surface area contributed by atoms with E-state index < -0.39 is 0 Å². The fourth-order valence-electron chi connectivity index (χ4n) is 1.93. The molecule has 1 amide bonds. The van der Waals surface area contributed by atoms with Crippen molar-refractivity contribution in [3.05, 3.63) is 44.5 Å². The molecule has 2 heterocycles. The maximum Gasteiger partial charge on any atom is 0.257 e. The third-order valence-corrected chi connectivity index (χ3v) is 4.06. The first kappa shape index (κ1) is 15.5. The van der Waals surface area contributed by atoms with Crippen molar-refractivity contribution in [1.82, 2.24) is 15.0 Å². The molecule has 0 saturated heterocycles. The van der Waals surface area contributed by atoms with Crippen LogP contribution >= 0.6 is 34.8 Å². The Labute approximate surface area is 142 Å². The van der Waals surface area contributed by atoms with Crippen LogP contribution in [0.4, 0.5) is 5.82 Å². The van der Waals surface area contributed by atoms with Gasteiger partial charge in [0, 0.05) is 17.0 Å². The fraction of sp³-hybridized carbons (Fsp3) is 0.286. The summed E-state index contributed by atoms with van der Waals surface area (Å²) in [5, 5.41) is 3.36. The Balaban J connectivity index is 1.90. The first-order valence-electron chi connectivity index (χ1n) is 6.62. The summed E-state index contributed by atoms with van der Waals surface area (Å²) in [5.74, 6) is 1.01. The van der Waals surface area contributed by atoms with Gasteiger partial charge in [0.25, 0.3) is 5.91 Å². The molecule has 5 nitrogen and oxygen atoms in total. The van der Waals surface area contributed by atoms with Gasteiger partial charge in [0.1, 0.15) is 27.1 Å². The molecule has 0 atom stereocenters. The third-order valence-electron chi connectivity index (χ3n) is 3.30. The first-order valence-corrected chi connectivity index (χ1v) is 7.76. The van der Waals surface area contributed by atoms with Crippen LogP contribution in [0.3, 0.4) is 0 Å². The summed E-state index contributed by atoms with van der Waals surface area (Å²) in [4.78, 5) is 24.8. The number of anilines is 1. The van der Waals surface area contributed by atoms with Gasteiger partial charge in [-0.25, -0.2) is 15.0 Å². The summed E-state index contributed by atoms with van der Waals surface area (Å²) in [6.45, 7) is 1.75. The number of nitrogens with one attached hydrogen (secondary N) is 1. The zero-order valence-electron chi connectivity index (χ0n) is 11.5. The summed E-state index contributed by atoms with van der Waals surface area (Å²) in [6.07, 6.45) is 2.09. The van der Waals surface area contributed by atoms with Crippen molar-refractivity contribution >= 4 is 46.5 Å². The van der Waals surface area contributed by atoms with E-state index in [1.165, 1.54) is 12.1 Å². The zero-order valence-corrected chi connectivity index (χ0v) is 13.8. The van der Waals surface area contributed by atoms with E-state index in [9.17, 15) is 4.79 Å². The highest BCUT2D eigenvalue weighted by atomic mass is 35.5. The Hall–Kier alpha value is -1.43.